The standard InChI is InChI=1S/C17H19NO4/c1-3-21-17(22-4-2)11-14(12-7-5-6-8-13(12)17)18-15(19)9-10-16(18)20/h5-10,14H,3-4,11H2,1-2H3/t14-/m0/s1. The lowest BCUT2D eigenvalue weighted by molar-refractivity contribution is -0.245. The van der Waals surface area contributed by atoms with E-state index in [4.69, 9.17) is 9.47 Å². The van der Waals surface area contributed by atoms with Gasteiger partial charge in [-0.2, -0.15) is 0 Å². The van der Waals surface area contributed by atoms with Gasteiger partial charge in [-0.15, -0.1) is 0 Å². The van der Waals surface area contributed by atoms with Crippen LogP contribution in [0.25, 0.3) is 0 Å². The molecule has 2 amide bonds. The van der Waals surface area contributed by atoms with E-state index in [1.165, 1.54) is 17.1 Å². The van der Waals surface area contributed by atoms with Crippen LogP contribution < -0.4 is 0 Å². The molecule has 5 heteroatoms. The van der Waals surface area contributed by atoms with Gasteiger partial charge in [0.2, 0.25) is 0 Å². The summed E-state index contributed by atoms with van der Waals surface area (Å²) >= 11 is 0. The van der Waals surface area contributed by atoms with Crippen molar-refractivity contribution in [1.29, 1.82) is 0 Å². The Labute approximate surface area is 129 Å². The summed E-state index contributed by atoms with van der Waals surface area (Å²) in [6.07, 6.45) is 3.05. The number of fused-ring (bicyclic) bond motifs is 1. The Kier molecular flexibility index (Phi) is 3.85. The van der Waals surface area contributed by atoms with E-state index in [1.54, 1.807) is 0 Å². The van der Waals surface area contributed by atoms with E-state index in [9.17, 15) is 9.59 Å². The highest BCUT2D eigenvalue weighted by molar-refractivity contribution is 6.13. The summed E-state index contributed by atoms with van der Waals surface area (Å²) < 4.78 is 11.9. The first-order valence-electron chi connectivity index (χ1n) is 7.55. The maximum absolute atomic E-state index is 12.0. The third kappa shape index (κ3) is 2.17. The Balaban J connectivity index is 2.05. The lowest BCUT2D eigenvalue weighted by Gasteiger charge is -2.31. The molecule has 0 N–H and O–H groups in total. The molecule has 0 unspecified atom stereocenters. The summed E-state index contributed by atoms with van der Waals surface area (Å²) in [6, 6.07) is 7.33. The Hall–Kier alpha value is -1.98. The number of carbonyl (C=O) groups excluding carboxylic acids is 2. The van der Waals surface area contributed by atoms with Crippen molar-refractivity contribution in [2.75, 3.05) is 13.2 Å². The monoisotopic (exact) mass is 301 g/mol. The highest BCUT2D eigenvalue weighted by atomic mass is 16.7. The molecule has 1 aromatic carbocycles. The molecule has 22 heavy (non-hydrogen) atoms. The molecule has 3 rings (SSSR count). The van der Waals surface area contributed by atoms with E-state index >= 15 is 0 Å². The number of amides is 2. The summed E-state index contributed by atoms with van der Waals surface area (Å²) in [5, 5.41) is 0. The molecular weight excluding hydrogens is 282 g/mol. The number of nitrogens with zero attached hydrogens (tertiary/aromatic N) is 1. The molecule has 0 aromatic heterocycles. The highest BCUT2D eigenvalue weighted by Gasteiger charge is 2.50. The fourth-order valence-corrected chi connectivity index (χ4v) is 3.34. The van der Waals surface area contributed by atoms with Crippen LogP contribution in [0.1, 0.15) is 37.4 Å². The predicted molar refractivity (Wildman–Crippen MR) is 79.7 cm³/mol. The van der Waals surface area contributed by atoms with Crippen molar-refractivity contribution >= 4 is 11.8 Å². The van der Waals surface area contributed by atoms with Crippen LogP contribution in [0.4, 0.5) is 0 Å². The van der Waals surface area contributed by atoms with E-state index in [1.807, 2.05) is 38.1 Å². The van der Waals surface area contributed by atoms with Crippen molar-refractivity contribution in [3.05, 3.63) is 47.5 Å². The van der Waals surface area contributed by atoms with Gasteiger partial charge < -0.3 is 9.47 Å². The zero-order chi connectivity index (χ0) is 15.7. The quantitative estimate of drug-likeness (QED) is 0.618. The number of imide groups is 1. The second-order valence-electron chi connectivity index (χ2n) is 5.31. The molecule has 116 valence electrons. The molecule has 1 aliphatic heterocycles. The maximum atomic E-state index is 12.0. The third-order valence-corrected chi connectivity index (χ3v) is 4.10. The van der Waals surface area contributed by atoms with Crippen molar-refractivity contribution in [3.63, 3.8) is 0 Å². The molecule has 1 aliphatic carbocycles. The van der Waals surface area contributed by atoms with E-state index in [2.05, 4.69) is 0 Å². The first-order chi connectivity index (χ1) is 10.6. The van der Waals surface area contributed by atoms with Crippen LogP contribution >= 0.6 is 0 Å². The molecule has 1 atom stereocenters. The molecule has 5 nitrogen and oxygen atoms in total. The number of carbonyl (C=O) groups is 2. The maximum Gasteiger partial charge on any atom is 0.254 e. The topological polar surface area (TPSA) is 55.8 Å². The first kappa shape index (κ1) is 14.9. The number of benzene rings is 1. The average molecular weight is 301 g/mol. The predicted octanol–water partition coefficient (Wildman–Crippen LogP) is 2.28. The highest BCUT2D eigenvalue weighted by Crippen LogP contribution is 2.49. The average Bonchev–Trinajstić information content (AvgIpc) is 2.99. The van der Waals surface area contributed by atoms with Crippen LogP contribution in [-0.4, -0.2) is 29.9 Å². The molecular formula is C17H19NO4. The van der Waals surface area contributed by atoms with Gasteiger partial charge in [0, 0.05) is 37.4 Å². The van der Waals surface area contributed by atoms with Crippen molar-refractivity contribution in [2.45, 2.75) is 32.1 Å². The van der Waals surface area contributed by atoms with Gasteiger partial charge in [-0.05, 0) is 19.4 Å². The van der Waals surface area contributed by atoms with Crippen LogP contribution in [-0.2, 0) is 24.8 Å². The van der Waals surface area contributed by atoms with Crippen LogP contribution in [0.2, 0.25) is 0 Å². The molecule has 1 heterocycles. The number of hydrogen-bond donors (Lipinski definition) is 0. The molecule has 0 radical (unpaired) electrons. The molecule has 0 bridgehead atoms. The Morgan fingerprint density at radius 2 is 1.68 bits per heavy atom. The lowest BCUT2D eigenvalue weighted by Crippen LogP contribution is -2.36. The summed E-state index contributed by atoms with van der Waals surface area (Å²) in [5.41, 5.74) is 1.81. The van der Waals surface area contributed by atoms with E-state index < -0.39 is 5.79 Å². The van der Waals surface area contributed by atoms with Crippen LogP contribution in [0.5, 0.6) is 0 Å². The van der Waals surface area contributed by atoms with Gasteiger partial charge in [-0.1, -0.05) is 24.3 Å². The lowest BCUT2D eigenvalue weighted by atomic mass is 10.1. The van der Waals surface area contributed by atoms with Crippen molar-refractivity contribution in [1.82, 2.24) is 4.90 Å². The Morgan fingerprint density at radius 1 is 1.09 bits per heavy atom. The van der Waals surface area contributed by atoms with Gasteiger partial charge in [0.15, 0.2) is 5.79 Å². The SMILES string of the molecule is CCOC1(OCC)C[C@H](N2C(=O)C=CC2=O)c2ccccc21. The number of ether oxygens (including phenoxy) is 2. The molecule has 0 saturated carbocycles. The zero-order valence-corrected chi connectivity index (χ0v) is 12.7. The minimum Gasteiger partial charge on any atom is -0.346 e. The fourth-order valence-electron chi connectivity index (χ4n) is 3.34. The molecule has 0 saturated heterocycles. The second kappa shape index (κ2) is 5.66. The van der Waals surface area contributed by atoms with E-state index in [0.717, 1.165) is 11.1 Å². The summed E-state index contributed by atoms with van der Waals surface area (Å²) in [5.74, 6) is -1.46. The number of rotatable bonds is 5. The van der Waals surface area contributed by atoms with Gasteiger partial charge in [0.25, 0.3) is 11.8 Å². The van der Waals surface area contributed by atoms with Crippen molar-refractivity contribution in [2.24, 2.45) is 0 Å². The number of hydrogen-bond acceptors (Lipinski definition) is 4. The first-order valence-corrected chi connectivity index (χ1v) is 7.55. The summed E-state index contributed by atoms with van der Waals surface area (Å²) in [7, 11) is 0. The molecule has 0 spiro atoms. The van der Waals surface area contributed by atoms with Crippen LogP contribution in [0.15, 0.2) is 36.4 Å². The minimum absolute atomic E-state index is 0.284. The van der Waals surface area contributed by atoms with Crippen LogP contribution in [0.3, 0.4) is 0 Å². The van der Waals surface area contributed by atoms with Gasteiger partial charge in [0.05, 0.1) is 6.04 Å². The molecule has 2 aliphatic rings. The normalized spacial score (nSPS) is 22.5. The van der Waals surface area contributed by atoms with Crippen molar-refractivity contribution < 1.29 is 19.1 Å². The van der Waals surface area contributed by atoms with Crippen LogP contribution in [0, 0.1) is 0 Å². The molecule has 1 aromatic rings. The Morgan fingerprint density at radius 3 is 2.27 bits per heavy atom. The van der Waals surface area contributed by atoms with Gasteiger partial charge >= 0.3 is 0 Å². The second-order valence-corrected chi connectivity index (χ2v) is 5.31. The largest absolute Gasteiger partial charge is 0.346 e. The zero-order valence-electron chi connectivity index (χ0n) is 12.7. The smallest absolute Gasteiger partial charge is 0.254 e. The third-order valence-electron chi connectivity index (χ3n) is 4.10. The van der Waals surface area contributed by atoms with Gasteiger partial charge in [-0.3, -0.25) is 14.5 Å². The molecule has 0 fully saturated rings. The van der Waals surface area contributed by atoms with Gasteiger partial charge in [0.1, 0.15) is 0 Å². The van der Waals surface area contributed by atoms with E-state index in [-0.39, 0.29) is 17.9 Å². The van der Waals surface area contributed by atoms with Crippen molar-refractivity contribution in [3.8, 4) is 0 Å². The van der Waals surface area contributed by atoms with Gasteiger partial charge in [-0.25, -0.2) is 0 Å². The Bertz CT molecular complexity index is 613. The summed E-state index contributed by atoms with van der Waals surface area (Å²) in [6.45, 7) is 4.79. The van der Waals surface area contributed by atoms with E-state index in [0.29, 0.717) is 19.6 Å². The minimum atomic E-state index is -0.895. The fraction of sp³-hybridized carbons (Fsp3) is 0.412. The summed E-state index contributed by atoms with van der Waals surface area (Å²) in [4.78, 5) is 25.4.